The predicted molar refractivity (Wildman–Crippen MR) is 175 cm³/mol. The van der Waals surface area contributed by atoms with E-state index >= 15 is 0 Å². The highest BCUT2D eigenvalue weighted by molar-refractivity contribution is 7.98. The van der Waals surface area contributed by atoms with Crippen LogP contribution in [0.5, 0.6) is 0 Å². The number of carboxylic acid groups (broad SMARTS) is 1. The van der Waals surface area contributed by atoms with Gasteiger partial charge in [-0.3, -0.25) is 9.10 Å². The molecule has 0 aliphatic heterocycles. The molecule has 0 heterocycles. The van der Waals surface area contributed by atoms with E-state index in [9.17, 15) is 23.1 Å². The number of nitrogens with one attached hydrogen (secondary N) is 1. The van der Waals surface area contributed by atoms with Crippen molar-refractivity contribution in [2.45, 2.75) is 30.8 Å². The molecule has 2 N–H and O–H groups in total. The van der Waals surface area contributed by atoms with Crippen LogP contribution in [0.4, 0.5) is 5.69 Å². The van der Waals surface area contributed by atoms with Crippen LogP contribution in [-0.4, -0.2) is 43.5 Å². The lowest BCUT2D eigenvalue weighted by molar-refractivity contribution is -0.139. The summed E-state index contributed by atoms with van der Waals surface area (Å²) < 4.78 is 29.3. The number of halogens is 2. The Balaban J connectivity index is 1.81. The SMILES string of the molecule is CSCC[C@H](NC(=O)c1ccc(CN(c2ccccc2)S(=O)(=O)c2cccc(Cl)c2Cl)cc1-c1ccccc1C)C(=O)O. The molecule has 224 valence electrons. The van der Waals surface area contributed by atoms with Crippen LogP contribution in [0.2, 0.25) is 10.0 Å². The van der Waals surface area contributed by atoms with Gasteiger partial charge in [0.25, 0.3) is 15.9 Å². The number of carboxylic acids is 1. The molecule has 0 radical (unpaired) electrons. The van der Waals surface area contributed by atoms with Gasteiger partial charge in [0.2, 0.25) is 0 Å². The molecule has 4 aromatic rings. The number of amides is 1. The van der Waals surface area contributed by atoms with E-state index in [0.717, 1.165) is 11.1 Å². The van der Waals surface area contributed by atoms with E-state index in [0.29, 0.717) is 22.6 Å². The zero-order chi connectivity index (χ0) is 31.1. The number of aliphatic carboxylic acids is 1. The van der Waals surface area contributed by atoms with E-state index < -0.39 is 27.9 Å². The van der Waals surface area contributed by atoms with Crippen LogP contribution in [-0.2, 0) is 21.4 Å². The maximum atomic E-state index is 14.0. The molecule has 0 spiro atoms. The average Bonchev–Trinajstić information content (AvgIpc) is 2.99. The minimum absolute atomic E-state index is 0.0767. The van der Waals surface area contributed by atoms with Gasteiger partial charge in [-0.15, -0.1) is 0 Å². The highest BCUT2D eigenvalue weighted by Crippen LogP contribution is 2.35. The summed E-state index contributed by atoms with van der Waals surface area (Å²) in [5.74, 6) is -1.07. The fraction of sp³-hybridized carbons (Fsp3) is 0.188. The van der Waals surface area contributed by atoms with E-state index in [-0.39, 0.29) is 33.5 Å². The van der Waals surface area contributed by atoms with Crippen LogP contribution in [0.3, 0.4) is 0 Å². The molecular weight excluding hydrogens is 627 g/mol. The first kappa shape index (κ1) is 32.4. The van der Waals surface area contributed by atoms with Crippen LogP contribution < -0.4 is 9.62 Å². The number of sulfonamides is 1. The second-order valence-corrected chi connectivity index (χ2v) is 13.3. The van der Waals surface area contributed by atoms with Crippen molar-refractivity contribution in [3.63, 3.8) is 0 Å². The quantitative estimate of drug-likeness (QED) is 0.166. The minimum Gasteiger partial charge on any atom is -0.480 e. The van der Waals surface area contributed by atoms with Gasteiger partial charge < -0.3 is 10.4 Å². The molecular formula is C32H30Cl2N2O5S2. The number of aryl methyl sites for hydroxylation is 1. The lowest BCUT2D eigenvalue weighted by Gasteiger charge is -2.26. The van der Waals surface area contributed by atoms with Crippen molar-refractivity contribution in [3.8, 4) is 11.1 Å². The highest BCUT2D eigenvalue weighted by atomic mass is 35.5. The van der Waals surface area contributed by atoms with Gasteiger partial charge in [-0.25, -0.2) is 13.2 Å². The molecule has 1 amide bonds. The predicted octanol–water partition coefficient (Wildman–Crippen LogP) is 7.30. The van der Waals surface area contributed by atoms with Crippen molar-refractivity contribution in [3.05, 3.63) is 118 Å². The van der Waals surface area contributed by atoms with E-state index in [4.69, 9.17) is 23.2 Å². The topological polar surface area (TPSA) is 104 Å². The molecule has 4 aromatic carbocycles. The minimum atomic E-state index is -4.18. The van der Waals surface area contributed by atoms with Gasteiger partial charge in [0, 0.05) is 5.56 Å². The molecule has 43 heavy (non-hydrogen) atoms. The fourth-order valence-corrected chi connectivity index (χ4v) is 7.25. The second kappa shape index (κ2) is 14.3. The van der Waals surface area contributed by atoms with Crippen molar-refractivity contribution in [2.24, 2.45) is 0 Å². The van der Waals surface area contributed by atoms with Gasteiger partial charge in [0.1, 0.15) is 10.9 Å². The Kier molecular flexibility index (Phi) is 10.8. The molecule has 4 rings (SSSR count). The molecule has 0 saturated carbocycles. The zero-order valence-corrected chi connectivity index (χ0v) is 26.6. The maximum absolute atomic E-state index is 14.0. The standard InChI is InChI=1S/C32H30Cl2N2O5S2/c1-21-9-6-7-12-24(21)26-19-22(15-16-25(26)31(37)35-28(32(38)39)17-18-42-2)20-36(23-10-4-3-5-11-23)43(40,41)29-14-8-13-27(33)30(29)34/h3-16,19,28H,17-18,20H2,1-2H3,(H,35,37)(H,38,39)/t28-/m0/s1. The number of anilines is 1. The first-order valence-corrected chi connectivity index (χ1v) is 16.9. The lowest BCUT2D eigenvalue weighted by atomic mass is 9.93. The van der Waals surface area contributed by atoms with Crippen LogP contribution in [0.25, 0.3) is 11.1 Å². The first-order valence-electron chi connectivity index (χ1n) is 13.3. The number of hydrogen-bond donors (Lipinski definition) is 2. The van der Waals surface area contributed by atoms with E-state index in [1.165, 1.54) is 34.3 Å². The molecule has 0 aromatic heterocycles. The number of thioether (sulfide) groups is 1. The van der Waals surface area contributed by atoms with Crippen LogP contribution in [0.15, 0.2) is 95.9 Å². The van der Waals surface area contributed by atoms with Crippen molar-refractivity contribution < 1.29 is 23.1 Å². The maximum Gasteiger partial charge on any atom is 0.326 e. The molecule has 0 aliphatic rings. The third kappa shape index (κ3) is 7.54. The number of para-hydroxylation sites is 1. The molecule has 0 fully saturated rings. The van der Waals surface area contributed by atoms with Gasteiger partial charge in [-0.2, -0.15) is 11.8 Å². The Bertz CT molecular complexity index is 1730. The van der Waals surface area contributed by atoms with E-state index in [1.54, 1.807) is 48.5 Å². The monoisotopic (exact) mass is 656 g/mol. The molecule has 0 saturated heterocycles. The molecule has 0 aliphatic carbocycles. The largest absolute Gasteiger partial charge is 0.480 e. The Hall–Kier alpha value is -3.50. The summed E-state index contributed by atoms with van der Waals surface area (Å²) in [6.45, 7) is 1.82. The van der Waals surface area contributed by atoms with Crippen molar-refractivity contribution in [1.82, 2.24) is 5.32 Å². The first-order chi connectivity index (χ1) is 20.5. The van der Waals surface area contributed by atoms with Gasteiger partial charge in [-0.05, 0) is 84.0 Å². The highest BCUT2D eigenvalue weighted by Gasteiger charge is 2.29. The molecule has 7 nitrogen and oxygen atoms in total. The molecule has 11 heteroatoms. The third-order valence-electron chi connectivity index (χ3n) is 6.83. The number of nitrogens with zero attached hydrogens (tertiary/aromatic N) is 1. The average molecular weight is 658 g/mol. The second-order valence-electron chi connectivity index (χ2n) is 9.74. The Morgan fingerprint density at radius 3 is 2.30 bits per heavy atom. The lowest BCUT2D eigenvalue weighted by Crippen LogP contribution is -2.41. The van der Waals surface area contributed by atoms with Crippen molar-refractivity contribution >= 4 is 62.6 Å². The van der Waals surface area contributed by atoms with Gasteiger partial charge >= 0.3 is 5.97 Å². The summed E-state index contributed by atoms with van der Waals surface area (Å²) >= 11 is 14.0. The number of hydrogen-bond acceptors (Lipinski definition) is 5. The molecule has 0 bridgehead atoms. The van der Waals surface area contributed by atoms with Gasteiger partial charge in [0.05, 0.1) is 22.3 Å². The number of benzene rings is 4. The number of carbonyl (C=O) groups excluding carboxylic acids is 1. The smallest absolute Gasteiger partial charge is 0.326 e. The van der Waals surface area contributed by atoms with Crippen molar-refractivity contribution in [1.29, 1.82) is 0 Å². The Morgan fingerprint density at radius 2 is 1.63 bits per heavy atom. The summed E-state index contributed by atoms with van der Waals surface area (Å²) in [6.07, 6.45) is 2.14. The zero-order valence-electron chi connectivity index (χ0n) is 23.5. The van der Waals surface area contributed by atoms with Gasteiger partial charge in [0.15, 0.2) is 0 Å². The normalized spacial score (nSPS) is 12.0. The van der Waals surface area contributed by atoms with Crippen LogP contribution >= 0.6 is 35.0 Å². The summed E-state index contributed by atoms with van der Waals surface area (Å²) in [7, 11) is -4.18. The van der Waals surface area contributed by atoms with Crippen molar-refractivity contribution in [2.75, 3.05) is 16.3 Å². The van der Waals surface area contributed by atoms with Crippen LogP contribution in [0.1, 0.15) is 27.9 Å². The summed E-state index contributed by atoms with van der Waals surface area (Å²) in [4.78, 5) is 25.2. The van der Waals surface area contributed by atoms with Crippen LogP contribution in [0, 0.1) is 6.92 Å². The Morgan fingerprint density at radius 1 is 0.930 bits per heavy atom. The summed E-state index contributed by atoms with van der Waals surface area (Å²) in [5, 5.41) is 12.4. The Labute approximate surface area is 265 Å². The van der Waals surface area contributed by atoms with E-state index in [2.05, 4.69) is 5.32 Å². The van der Waals surface area contributed by atoms with Gasteiger partial charge in [-0.1, -0.05) is 77.8 Å². The molecule has 1 atom stereocenters. The third-order valence-corrected chi connectivity index (χ3v) is 10.2. The molecule has 0 unspecified atom stereocenters. The summed E-state index contributed by atoms with van der Waals surface area (Å²) in [5.41, 5.74) is 3.49. The van der Waals surface area contributed by atoms with E-state index in [1.807, 2.05) is 37.4 Å². The summed E-state index contributed by atoms with van der Waals surface area (Å²) in [6, 6.07) is 24.5. The fourth-order valence-electron chi connectivity index (χ4n) is 4.59. The number of rotatable bonds is 12. The number of carbonyl (C=O) groups is 2.